The van der Waals surface area contributed by atoms with Crippen LogP contribution in [0.3, 0.4) is 0 Å². The molecule has 0 aliphatic rings. The van der Waals surface area contributed by atoms with E-state index in [1.54, 1.807) is 7.11 Å². The minimum Gasteiger partial charge on any atom is -0.495 e. The second-order valence-electron chi connectivity index (χ2n) is 2.77. The molecule has 0 amide bonds. The first-order valence-corrected chi connectivity index (χ1v) is 4.05. The Bertz CT molecular complexity index is 420. The van der Waals surface area contributed by atoms with Gasteiger partial charge in [0.2, 0.25) is 0 Å². The van der Waals surface area contributed by atoms with Gasteiger partial charge in [-0.3, -0.25) is 0 Å². The first-order valence-electron chi connectivity index (χ1n) is 4.05. The highest BCUT2D eigenvalue weighted by atomic mass is 16.5. The molecule has 2 rings (SSSR count). The van der Waals surface area contributed by atoms with Gasteiger partial charge in [-0.15, -0.1) is 0 Å². The van der Waals surface area contributed by atoms with Crippen molar-refractivity contribution in [2.75, 3.05) is 7.11 Å². The summed E-state index contributed by atoms with van der Waals surface area (Å²) in [6.45, 7) is 0.462. The van der Waals surface area contributed by atoms with Gasteiger partial charge in [0, 0.05) is 12.7 Å². The fourth-order valence-corrected chi connectivity index (χ4v) is 1.24. The highest BCUT2D eigenvalue weighted by molar-refractivity contribution is 5.43. The number of imidazole rings is 1. The number of ether oxygens (including phenoxy) is 1. The van der Waals surface area contributed by atoms with Crippen LogP contribution in [0.1, 0.15) is 5.69 Å². The van der Waals surface area contributed by atoms with Gasteiger partial charge in [0.25, 0.3) is 0 Å². The molecule has 0 atom stereocenters. The molecule has 13 heavy (non-hydrogen) atoms. The van der Waals surface area contributed by atoms with Crippen molar-refractivity contribution >= 4 is 5.65 Å². The zero-order chi connectivity index (χ0) is 9.26. The zero-order valence-electron chi connectivity index (χ0n) is 7.40. The molecule has 0 unspecified atom stereocenters. The summed E-state index contributed by atoms with van der Waals surface area (Å²) in [5, 5.41) is 0. The van der Waals surface area contributed by atoms with Gasteiger partial charge in [-0.1, -0.05) is 0 Å². The highest BCUT2D eigenvalue weighted by Gasteiger charge is 1.99. The van der Waals surface area contributed by atoms with Crippen LogP contribution in [-0.2, 0) is 6.54 Å². The number of pyridine rings is 1. The van der Waals surface area contributed by atoms with Gasteiger partial charge in [-0.2, -0.15) is 0 Å². The van der Waals surface area contributed by atoms with E-state index in [2.05, 4.69) is 4.98 Å². The number of hydrogen-bond acceptors (Lipinski definition) is 3. The largest absolute Gasteiger partial charge is 0.495 e. The first kappa shape index (κ1) is 8.07. The van der Waals surface area contributed by atoms with Crippen molar-refractivity contribution in [3.63, 3.8) is 0 Å². The fraction of sp³-hybridized carbons (Fsp3) is 0.222. The minimum absolute atomic E-state index is 0.462. The number of nitrogens with two attached hydrogens (primary N) is 1. The Labute approximate surface area is 76.0 Å². The molecule has 4 nitrogen and oxygen atoms in total. The first-order chi connectivity index (χ1) is 6.33. The summed E-state index contributed by atoms with van der Waals surface area (Å²) < 4.78 is 6.99. The Morgan fingerprint density at radius 3 is 3.00 bits per heavy atom. The van der Waals surface area contributed by atoms with Crippen molar-refractivity contribution in [3.8, 4) is 5.75 Å². The zero-order valence-corrected chi connectivity index (χ0v) is 7.40. The maximum absolute atomic E-state index is 5.48. The third-order valence-corrected chi connectivity index (χ3v) is 1.92. The average Bonchev–Trinajstić information content (AvgIpc) is 2.58. The van der Waals surface area contributed by atoms with E-state index in [9.17, 15) is 0 Å². The van der Waals surface area contributed by atoms with Crippen LogP contribution < -0.4 is 10.5 Å². The predicted molar refractivity (Wildman–Crippen MR) is 49.6 cm³/mol. The standard InChI is InChI=1S/C9H11N3O/c1-13-8-2-3-9-11-7(4-10)5-12(9)6-8/h2-3,5-6H,4,10H2,1H3. The second kappa shape index (κ2) is 3.06. The Balaban J connectivity index is 2.57. The van der Waals surface area contributed by atoms with Crippen LogP contribution in [0, 0.1) is 0 Å². The molecule has 0 aromatic carbocycles. The number of rotatable bonds is 2. The molecule has 0 aliphatic carbocycles. The van der Waals surface area contributed by atoms with Crippen LogP contribution in [-0.4, -0.2) is 16.5 Å². The number of nitrogens with zero attached hydrogens (tertiary/aromatic N) is 2. The summed E-state index contributed by atoms with van der Waals surface area (Å²) in [6, 6.07) is 3.78. The van der Waals surface area contributed by atoms with Gasteiger partial charge in [-0.05, 0) is 12.1 Å². The third-order valence-electron chi connectivity index (χ3n) is 1.92. The molecule has 2 N–H and O–H groups in total. The molecule has 0 bridgehead atoms. The van der Waals surface area contributed by atoms with Gasteiger partial charge >= 0.3 is 0 Å². The van der Waals surface area contributed by atoms with Crippen molar-refractivity contribution in [2.24, 2.45) is 5.73 Å². The minimum atomic E-state index is 0.462. The number of hydrogen-bond donors (Lipinski definition) is 1. The number of aromatic nitrogens is 2. The second-order valence-corrected chi connectivity index (χ2v) is 2.77. The number of fused-ring (bicyclic) bond motifs is 1. The SMILES string of the molecule is COc1ccc2nc(CN)cn2c1. The van der Waals surface area contributed by atoms with E-state index in [4.69, 9.17) is 10.5 Å². The highest BCUT2D eigenvalue weighted by Crippen LogP contribution is 2.12. The molecule has 2 heterocycles. The smallest absolute Gasteiger partial charge is 0.137 e. The van der Waals surface area contributed by atoms with E-state index in [-0.39, 0.29) is 0 Å². The summed E-state index contributed by atoms with van der Waals surface area (Å²) in [6.07, 6.45) is 3.78. The summed E-state index contributed by atoms with van der Waals surface area (Å²) in [7, 11) is 1.64. The maximum Gasteiger partial charge on any atom is 0.137 e. The molecule has 0 fully saturated rings. The van der Waals surface area contributed by atoms with E-state index in [1.165, 1.54) is 0 Å². The van der Waals surface area contributed by atoms with Crippen LogP contribution in [0.4, 0.5) is 0 Å². The van der Waals surface area contributed by atoms with Crippen molar-refractivity contribution in [2.45, 2.75) is 6.54 Å². The quantitative estimate of drug-likeness (QED) is 0.738. The molecule has 0 saturated carbocycles. The molecule has 0 radical (unpaired) electrons. The summed E-state index contributed by atoms with van der Waals surface area (Å²) >= 11 is 0. The normalized spacial score (nSPS) is 10.6. The van der Waals surface area contributed by atoms with E-state index in [0.717, 1.165) is 17.1 Å². The summed E-state index contributed by atoms with van der Waals surface area (Å²) in [5.74, 6) is 0.813. The van der Waals surface area contributed by atoms with Crippen molar-refractivity contribution in [1.29, 1.82) is 0 Å². The Morgan fingerprint density at radius 1 is 1.46 bits per heavy atom. The molecule has 2 aromatic rings. The molecule has 0 saturated heterocycles. The van der Waals surface area contributed by atoms with Crippen LogP contribution >= 0.6 is 0 Å². The van der Waals surface area contributed by atoms with Crippen LogP contribution in [0.25, 0.3) is 5.65 Å². The molecular formula is C9H11N3O. The van der Waals surface area contributed by atoms with Gasteiger partial charge in [0.15, 0.2) is 0 Å². The summed E-state index contributed by atoms with van der Waals surface area (Å²) in [5.41, 5.74) is 7.25. The molecule has 0 aliphatic heterocycles. The van der Waals surface area contributed by atoms with Gasteiger partial charge in [-0.25, -0.2) is 4.98 Å². The number of methoxy groups -OCH3 is 1. The Morgan fingerprint density at radius 2 is 2.31 bits per heavy atom. The lowest BCUT2D eigenvalue weighted by atomic mass is 10.4. The average molecular weight is 177 g/mol. The third kappa shape index (κ3) is 1.36. The van der Waals surface area contributed by atoms with E-state index < -0.39 is 0 Å². The maximum atomic E-state index is 5.48. The van der Waals surface area contributed by atoms with Gasteiger partial charge in [0.05, 0.1) is 19.0 Å². The lowest BCUT2D eigenvalue weighted by molar-refractivity contribution is 0.412. The van der Waals surface area contributed by atoms with Crippen molar-refractivity contribution < 1.29 is 4.74 Å². The molecule has 0 spiro atoms. The van der Waals surface area contributed by atoms with E-state index >= 15 is 0 Å². The lowest BCUT2D eigenvalue weighted by Gasteiger charge is -1.98. The van der Waals surface area contributed by atoms with Gasteiger partial charge in [0.1, 0.15) is 11.4 Å². The summed E-state index contributed by atoms with van der Waals surface area (Å²) in [4.78, 5) is 4.29. The topological polar surface area (TPSA) is 52.5 Å². The van der Waals surface area contributed by atoms with E-state index in [1.807, 2.05) is 28.9 Å². The van der Waals surface area contributed by atoms with Crippen LogP contribution in [0.15, 0.2) is 24.5 Å². The van der Waals surface area contributed by atoms with Crippen molar-refractivity contribution in [1.82, 2.24) is 9.38 Å². The lowest BCUT2D eigenvalue weighted by Crippen LogP contribution is -1.95. The Hall–Kier alpha value is -1.55. The van der Waals surface area contributed by atoms with E-state index in [0.29, 0.717) is 6.54 Å². The van der Waals surface area contributed by atoms with Crippen LogP contribution in [0.2, 0.25) is 0 Å². The predicted octanol–water partition coefficient (Wildman–Crippen LogP) is 0.802. The Kier molecular flexibility index (Phi) is 1.90. The molecule has 2 aromatic heterocycles. The molecule has 4 heteroatoms. The molecule has 68 valence electrons. The fourth-order valence-electron chi connectivity index (χ4n) is 1.24. The molecular weight excluding hydrogens is 166 g/mol. The van der Waals surface area contributed by atoms with Crippen molar-refractivity contribution in [3.05, 3.63) is 30.2 Å². The van der Waals surface area contributed by atoms with Crippen LogP contribution in [0.5, 0.6) is 5.75 Å². The monoisotopic (exact) mass is 177 g/mol. The van der Waals surface area contributed by atoms with Gasteiger partial charge < -0.3 is 14.9 Å².